The Kier molecular flexibility index (Phi) is 5.54. The fraction of sp³-hybridized carbons (Fsp3) is 0.444. The summed E-state index contributed by atoms with van der Waals surface area (Å²) in [6.07, 6.45) is 1.93. The molecule has 114 valence electrons. The molecule has 1 atom stereocenters. The average Bonchev–Trinajstić information content (AvgIpc) is 2.88. The highest BCUT2D eigenvalue weighted by atomic mass is 32.1. The molecule has 0 bridgehead atoms. The van der Waals surface area contributed by atoms with Crippen LogP contribution in [-0.4, -0.2) is 12.1 Å². The Hall–Kier alpha value is -1.19. The Labute approximate surface area is 131 Å². The van der Waals surface area contributed by atoms with Crippen molar-refractivity contribution in [3.8, 4) is 0 Å². The van der Waals surface area contributed by atoms with Crippen LogP contribution in [0.25, 0.3) is 0 Å². The zero-order valence-corrected chi connectivity index (χ0v) is 13.8. The van der Waals surface area contributed by atoms with Gasteiger partial charge in [0, 0.05) is 5.54 Å². The summed E-state index contributed by atoms with van der Waals surface area (Å²) in [5, 5.41) is 7.90. The summed E-state index contributed by atoms with van der Waals surface area (Å²) >= 11 is 1.73. The predicted octanol–water partition coefficient (Wildman–Crippen LogP) is 4.68. The molecule has 3 heteroatoms. The van der Waals surface area contributed by atoms with Gasteiger partial charge in [-0.2, -0.15) is 11.3 Å². The van der Waals surface area contributed by atoms with E-state index >= 15 is 0 Å². The highest BCUT2D eigenvalue weighted by Crippen LogP contribution is 2.18. The first kappa shape index (κ1) is 16.2. The zero-order valence-electron chi connectivity index (χ0n) is 13.0. The number of hydrogen-bond donors (Lipinski definition) is 1. The SMILES string of the molecule is CC(C)(C)NCC(Cc1ccsc1)Cc1cccc(F)c1. The Morgan fingerprint density at radius 3 is 2.52 bits per heavy atom. The molecular weight excluding hydrogens is 281 g/mol. The molecule has 0 spiro atoms. The maximum Gasteiger partial charge on any atom is 0.123 e. The Bertz CT molecular complexity index is 543. The molecule has 21 heavy (non-hydrogen) atoms. The van der Waals surface area contributed by atoms with Crippen LogP contribution in [0.1, 0.15) is 31.9 Å². The molecule has 0 aliphatic rings. The molecular formula is C18H24FNS. The molecule has 0 radical (unpaired) electrons. The van der Waals surface area contributed by atoms with E-state index in [4.69, 9.17) is 0 Å². The van der Waals surface area contributed by atoms with Crippen molar-refractivity contribution in [2.75, 3.05) is 6.54 Å². The van der Waals surface area contributed by atoms with Gasteiger partial charge in [0.15, 0.2) is 0 Å². The van der Waals surface area contributed by atoms with Gasteiger partial charge in [-0.25, -0.2) is 4.39 Å². The van der Waals surface area contributed by atoms with Gasteiger partial charge in [0.1, 0.15) is 5.82 Å². The third kappa shape index (κ3) is 5.98. The lowest BCUT2D eigenvalue weighted by Gasteiger charge is -2.25. The van der Waals surface area contributed by atoms with E-state index in [0.717, 1.165) is 24.9 Å². The molecule has 0 fully saturated rings. The Morgan fingerprint density at radius 2 is 1.90 bits per heavy atom. The van der Waals surface area contributed by atoms with Gasteiger partial charge in [-0.3, -0.25) is 0 Å². The van der Waals surface area contributed by atoms with Crippen LogP contribution in [0.3, 0.4) is 0 Å². The maximum atomic E-state index is 13.4. The van der Waals surface area contributed by atoms with Crippen molar-refractivity contribution in [1.82, 2.24) is 5.32 Å². The third-order valence-electron chi connectivity index (χ3n) is 3.44. The highest BCUT2D eigenvalue weighted by Gasteiger charge is 2.16. The van der Waals surface area contributed by atoms with Crippen molar-refractivity contribution in [2.24, 2.45) is 5.92 Å². The number of hydrogen-bond acceptors (Lipinski definition) is 2. The first-order valence-corrected chi connectivity index (χ1v) is 8.37. The average molecular weight is 305 g/mol. The van der Waals surface area contributed by atoms with E-state index in [1.165, 1.54) is 11.6 Å². The molecule has 1 aromatic carbocycles. The lowest BCUT2D eigenvalue weighted by Crippen LogP contribution is -2.40. The van der Waals surface area contributed by atoms with Crippen LogP contribution < -0.4 is 5.32 Å². The molecule has 0 saturated heterocycles. The molecule has 0 saturated carbocycles. The van der Waals surface area contributed by atoms with Gasteiger partial charge >= 0.3 is 0 Å². The smallest absolute Gasteiger partial charge is 0.123 e. The van der Waals surface area contributed by atoms with Crippen LogP contribution in [0.15, 0.2) is 41.1 Å². The summed E-state index contributed by atoms with van der Waals surface area (Å²) in [7, 11) is 0. The van der Waals surface area contributed by atoms with Gasteiger partial charge < -0.3 is 5.32 Å². The molecule has 0 amide bonds. The van der Waals surface area contributed by atoms with Crippen molar-refractivity contribution in [2.45, 2.75) is 39.2 Å². The summed E-state index contributed by atoms with van der Waals surface area (Å²) < 4.78 is 13.4. The number of benzene rings is 1. The van der Waals surface area contributed by atoms with Crippen LogP contribution in [0.5, 0.6) is 0 Å². The Morgan fingerprint density at radius 1 is 1.14 bits per heavy atom. The van der Waals surface area contributed by atoms with Crippen molar-refractivity contribution < 1.29 is 4.39 Å². The quantitative estimate of drug-likeness (QED) is 0.817. The highest BCUT2D eigenvalue weighted by molar-refractivity contribution is 7.07. The van der Waals surface area contributed by atoms with Crippen LogP contribution in [0.2, 0.25) is 0 Å². The fourth-order valence-corrected chi connectivity index (χ4v) is 3.09. The number of halogens is 1. The van der Waals surface area contributed by atoms with E-state index in [2.05, 4.69) is 42.9 Å². The molecule has 2 rings (SSSR count). The molecule has 1 aromatic heterocycles. The Balaban J connectivity index is 2.03. The van der Waals surface area contributed by atoms with Crippen molar-refractivity contribution in [1.29, 1.82) is 0 Å². The normalized spacial score (nSPS) is 13.3. The first-order chi connectivity index (χ1) is 9.92. The lowest BCUT2D eigenvalue weighted by molar-refractivity contribution is 0.367. The van der Waals surface area contributed by atoms with Crippen LogP contribution in [0, 0.1) is 11.7 Å². The van der Waals surface area contributed by atoms with Crippen molar-refractivity contribution in [3.05, 3.63) is 58.0 Å². The molecule has 1 unspecified atom stereocenters. The third-order valence-corrected chi connectivity index (χ3v) is 4.17. The predicted molar refractivity (Wildman–Crippen MR) is 89.4 cm³/mol. The van der Waals surface area contributed by atoms with Crippen LogP contribution in [-0.2, 0) is 12.8 Å². The van der Waals surface area contributed by atoms with Gasteiger partial charge in [0.2, 0.25) is 0 Å². The number of thiophene rings is 1. The van der Waals surface area contributed by atoms with E-state index in [9.17, 15) is 4.39 Å². The summed E-state index contributed by atoms with van der Waals surface area (Å²) in [6.45, 7) is 7.47. The minimum Gasteiger partial charge on any atom is -0.312 e. The maximum absolute atomic E-state index is 13.4. The zero-order chi connectivity index (χ0) is 15.3. The van der Waals surface area contributed by atoms with Crippen molar-refractivity contribution >= 4 is 11.3 Å². The van der Waals surface area contributed by atoms with Crippen LogP contribution >= 0.6 is 11.3 Å². The monoisotopic (exact) mass is 305 g/mol. The summed E-state index contributed by atoms with van der Waals surface area (Å²) in [5.74, 6) is 0.325. The van der Waals surface area contributed by atoms with Gasteiger partial charge in [-0.05, 0) is 86.2 Å². The lowest BCUT2D eigenvalue weighted by atomic mass is 9.92. The molecule has 0 aliphatic carbocycles. The minimum absolute atomic E-state index is 0.106. The molecule has 2 aromatic rings. The van der Waals surface area contributed by atoms with Crippen LogP contribution in [0.4, 0.5) is 4.39 Å². The van der Waals surface area contributed by atoms with Crippen molar-refractivity contribution in [3.63, 3.8) is 0 Å². The van der Waals surface area contributed by atoms with E-state index < -0.39 is 0 Å². The second-order valence-electron chi connectivity index (χ2n) is 6.67. The largest absolute Gasteiger partial charge is 0.312 e. The number of rotatable bonds is 6. The fourth-order valence-electron chi connectivity index (χ4n) is 2.41. The standard InChI is InChI=1S/C18H24FNS/c1-18(2,3)20-12-16(10-15-7-8-21-13-15)9-14-5-4-6-17(19)11-14/h4-8,11,13,16,20H,9-10,12H2,1-3H3. The van der Waals surface area contributed by atoms with Gasteiger partial charge in [0.25, 0.3) is 0 Å². The summed E-state index contributed by atoms with van der Waals surface area (Å²) in [5.41, 5.74) is 2.55. The van der Waals surface area contributed by atoms with Gasteiger partial charge in [-0.15, -0.1) is 0 Å². The minimum atomic E-state index is -0.148. The van der Waals surface area contributed by atoms with E-state index in [-0.39, 0.29) is 11.4 Å². The van der Waals surface area contributed by atoms with E-state index in [1.807, 2.05) is 6.07 Å². The summed E-state index contributed by atoms with van der Waals surface area (Å²) in [4.78, 5) is 0. The second kappa shape index (κ2) is 7.19. The molecule has 1 nitrogen and oxygen atoms in total. The molecule has 0 aliphatic heterocycles. The molecule has 1 heterocycles. The topological polar surface area (TPSA) is 12.0 Å². The number of nitrogens with one attached hydrogen (secondary N) is 1. The van der Waals surface area contributed by atoms with E-state index in [1.54, 1.807) is 23.5 Å². The van der Waals surface area contributed by atoms with Gasteiger partial charge in [0.05, 0.1) is 0 Å². The molecule has 1 N–H and O–H groups in total. The van der Waals surface area contributed by atoms with E-state index in [0.29, 0.717) is 5.92 Å². The summed E-state index contributed by atoms with van der Waals surface area (Å²) in [6, 6.07) is 9.15. The first-order valence-electron chi connectivity index (χ1n) is 7.43. The van der Waals surface area contributed by atoms with Gasteiger partial charge in [-0.1, -0.05) is 12.1 Å². The second-order valence-corrected chi connectivity index (χ2v) is 7.45.